The highest BCUT2D eigenvalue weighted by Gasteiger charge is 2.28. The van der Waals surface area contributed by atoms with Crippen LogP contribution in [0, 0.1) is 11.8 Å². The number of nitrogens with two attached hydrogens (primary N) is 1. The number of piperidine rings is 1. The minimum absolute atomic E-state index is 0.00537. The smallest absolute Gasteiger partial charge is 0.226 e. The summed E-state index contributed by atoms with van der Waals surface area (Å²) < 4.78 is 0. The van der Waals surface area contributed by atoms with Gasteiger partial charge in [-0.25, -0.2) is 0 Å². The average Bonchev–Trinajstić information content (AvgIpc) is 2.43. The van der Waals surface area contributed by atoms with Crippen molar-refractivity contribution < 1.29 is 4.79 Å². The maximum absolute atomic E-state index is 12.5. The molecule has 1 saturated heterocycles. The first-order valence-electron chi connectivity index (χ1n) is 7.68. The molecule has 0 aromatic carbocycles. The van der Waals surface area contributed by atoms with Gasteiger partial charge in [-0.3, -0.25) is 4.79 Å². The summed E-state index contributed by atoms with van der Waals surface area (Å²) in [6, 6.07) is 0.400. The van der Waals surface area contributed by atoms with Crippen molar-refractivity contribution in [3.8, 4) is 0 Å². The molecule has 1 unspecified atom stereocenters. The molecule has 0 aromatic rings. The van der Waals surface area contributed by atoms with E-state index in [1.807, 2.05) is 11.9 Å². The summed E-state index contributed by atoms with van der Waals surface area (Å²) in [7, 11) is 1.96. The molecule has 1 aliphatic rings. The molecule has 0 aromatic heterocycles. The number of carbonyl (C=O) groups excluding carboxylic acids is 1. The lowest BCUT2D eigenvalue weighted by atomic mass is 9.94. The third kappa shape index (κ3) is 4.77. The first kappa shape index (κ1) is 16.4. The van der Waals surface area contributed by atoms with E-state index in [4.69, 9.17) is 5.73 Å². The van der Waals surface area contributed by atoms with E-state index in [1.165, 1.54) is 0 Å². The zero-order valence-electron chi connectivity index (χ0n) is 13.1. The third-order valence-corrected chi connectivity index (χ3v) is 4.29. The Balaban J connectivity index is 2.51. The zero-order valence-corrected chi connectivity index (χ0v) is 13.1. The van der Waals surface area contributed by atoms with Gasteiger partial charge in [0.2, 0.25) is 5.91 Å². The van der Waals surface area contributed by atoms with E-state index in [2.05, 4.69) is 25.7 Å². The van der Waals surface area contributed by atoms with Crippen LogP contribution in [-0.2, 0) is 4.79 Å². The molecule has 1 rings (SSSR count). The van der Waals surface area contributed by atoms with Gasteiger partial charge >= 0.3 is 0 Å². The standard InChI is InChI=1S/C15H31N3O/c1-5-18-8-6-14(7-9-18)17(4)15(19)13(11-16)10-12(2)3/h12-14H,5-11,16H2,1-4H3. The van der Waals surface area contributed by atoms with E-state index in [0.717, 1.165) is 38.9 Å². The molecule has 1 atom stereocenters. The summed E-state index contributed by atoms with van der Waals surface area (Å²) in [5.74, 6) is 0.758. The molecule has 112 valence electrons. The maximum Gasteiger partial charge on any atom is 0.226 e. The van der Waals surface area contributed by atoms with Crippen LogP contribution < -0.4 is 5.73 Å². The first-order chi connectivity index (χ1) is 8.99. The number of carbonyl (C=O) groups is 1. The number of nitrogens with zero attached hydrogens (tertiary/aromatic N) is 2. The Morgan fingerprint density at radius 3 is 2.37 bits per heavy atom. The number of hydrogen-bond acceptors (Lipinski definition) is 3. The van der Waals surface area contributed by atoms with Gasteiger partial charge in [0.1, 0.15) is 0 Å². The number of likely N-dealkylation sites (tertiary alicyclic amines) is 1. The van der Waals surface area contributed by atoms with Gasteiger partial charge < -0.3 is 15.5 Å². The molecule has 1 amide bonds. The third-order valence-electron chi connectivity index (χ3n) is 4.29. The molecule has 2 N–H and O–H groups in total. The van der Waals surface area contributed by atoms with Crippen LogP contribution in [0.4, 0.5) is 0 Å². The van der Waals surface area contributed by atoms with Gasteiger partial charge in [-0.15, -0.1) is 0 Å². The van der Waals surface area contributed by atoms with Crippen LogP contribution in [0.2, 0.25) is 0 Å². The Kier molecular flexibility index (Phi) is 6.80. The maximum atomic E-state index is 12.5. The molecule has 0 radical (unpaired) electrons. The van der Waals surface area contributed by atoms with Gasteiger partial charge in [-0.2, -0.15) is 0 Å². The van der Waals surface area contributed by atoms with Crippen LogP contribution in [0.25, 0.3) is 0 Å². The van der Waals surface area contributed by atoms with Crippen molar-refractivity contribution in [1.82, 2.24) is 9.80 Å². The van der Waals surface area contributed by atoms with Crippen molar-refractivity contribution in [2.24, 2.45) is 17.6 Å². The first-order valence-corrected chi connectivity index (χ1v) is 7.68. The normalized spacial score (nSPS) is 19.7. The lowest BCUT2D eigenvalue weighted by Gasteiger charge is -2.37. The molecular weight excluding hydrogens is 238 g/mol. The molecule has 19 heavy (non-hydrogen) atoms. The van der Waals surface area contributed by atoms with Crippen LogP contribution in [0.1, 0.15) is 40.0 Å². The number of hydrogen-bond donors (Lipinski definition) is 1. The minimum atomic E-state index is -0.00537. The molecule has 4 nitrogen and oxygen atoms in total. The van der Waals surface area contributed by atoms with Crippen molar-refractivity contribution in [2.75, 3.05) is 33.2 Å². The van der Waals surface area contributed by atoms with Crippen LogP contribution in [0.3, 0.4) is 0 Å². The second-order valence-corrected chi connectivity index (χ2v) is 6.18. The Morgan fingerprint density at radius 1 is 1.37 bits per heavy atom. The van der Waals surface area contributed by atoms with Gasteiger partial charge in [0.25, 0.3) is 0 Å². The summed E-state index contributed by atoms with van der Waals surface area (Å²) in [6.45, 7) is 10.3. The summed E-state index contributed by atoms with van der Waals surface area (Å²) in [5, 5.41) is 0. The Labute approximate surface area is 118 Å². The highest BCUT2D eigenvalue weighted by molar-refractivity contribution is 5.79. The highest BCUT2D eigenvalue weighted by atomic mass is 16.2. The van der Waals surface area contributed by atoms with E-state index >= 15 is 0 Å². The Morgan fingerprint density at radius 2 is 1.95 bits per heavy atom. The summed E-state index contributed by atoms with van der Waals surface area (Å²) in [6.07, 6.45) is 3.08. The van der Waals surface area contributed by atoms with Crippen molar-refractivity contribution in [2.45, 2.75) is 46.1 Å². The van der Waals surface area contributed by atoms with E-state index in [0.29, 0.717) is 18.5 Å². The summed E-state index contributed by atoms with van der Waals surface area (Å²) in [5.41, 5.74) is 5.78. The highest BCUT2D eigenvalue weighted by Crippen LogP contribution is 2.19. The van der Waals surface area contributed by atoms with E-state index < -0.39 is 0 Å². The molecule has 0 bridgehead atoms. The summed E-state index contributed by atoms with van der Waals surface area (Å²) in [4.78, 5) is 16.9. The van der Waals surface area contributed by atoms with Crippen molar-refractivity contribution in [1.29, 1.82) is 0 Å². The second-order valence-electron chi connectivity index (χ2n) is 6.18. The molecule has 0 aliphatic carbocycles. The van der Waals surface area contributed by atoms with Crippen LogP contribution in [0.15, 0.2) is 0 Å². The molecule has 1 fully saturated rings. The molecule has 0 saturated carbocycles. The van der Waals surface area contributed by atoms with Gasteiger partial charge in [-0.05, 0) is 31.7 Å². The molecular formula is C15H31N3O. The van der Waals surface area contributed by atoms with Crippen LogP contribution >= 0.6 is 0 Å². The Bertz CT molecular complexity index is 273. The van der Waals surface area contributed by atoms with E-state index in [-0.39, 0.29) is 11.8 Å². The zero-order chi connectivity index (χ0) is 14.4. The lowest BCUT2D eigenvalue weighted by molar-refractivity contribution is -0.137. The SMILES string of the molecule is CCN1CCC(N(C)C(=O)C(CN)CC(C)C)CC1. The number of amides is 1. The van der Waals surface area contributed by atoms with Gasteiger partial charge in [0.15, 0.2) is 0 Å². The van der Waals surface area contributed by atoms with Crippen molar-refractivity contribution >= 4 is 5.91 Å². The monoisotopic (exact) mass is 269 g/mol. The minimum Gasteiger partial charge on any atom is -0.342 e. The molecule has 0 spiro atoms. The fraction of sp³-hybridized carbons (Fsp3) is 0.933. The van der Waals surface area contributed by atoms with Gasteiger partial charge in [-0.1, -0.05) is 20.8 Å². The topological polar surface area (TPSA) is 49.6 Å². The lowest BCUT2D eigenvalue weighted by Crippen LogP contribution is -2.48. The van der Waals surface area contributed by atoms with Crippen LogP contribution in [0.5, 0.6) is 0 Å². The predicted octanol–water partition coefficient (Wildman–Crippen LogP) is 1.55. The second kappa shape index (κ2) is 7.85. The largest absolute Gasteiger partial charge is 0.342 e. The van der Waals surface area contributed by atoms with E-state index in [1.54, 1.807) is 0 Å². The molecule has 1 aliphatic heterocycles. The Hall–Kier alpha value is -0.610. The summed E-state index contributed by atoms with van der Waals surface area (Å²) >= 11 is 0. The fourth-order valence-corrected chi connectivity index (χ4v) is 2.96. The molecule has 1 heterocycles. The van der Waals surface area contributed by atoms with E-state index in [9.17, 15) is 4.79 Å². The van der Waals surface area contributed by atoms with Gasteiger partial charge in [0.05, 0.1) is 5.92 Å². The molecule has 4 heteroatoms. The predicted molar refractivity (Wildman–Crippen MR) is 79.9 cm³/mol. The van der Waals surface area contributed by atoms with Gasteiger partial charge in [0, 0.05) is 32.7 Å². The van der Waals surface area contributed by atoms with Crippen LogP contribution in [-0.4, -0.2) is 55.0 Å². The van der Waals surface area contributed by atoms with Crippen molar-refractivity contribution in [3.63, 3.8) is 0 Å². The van der Waals surface area contributed by atoms with Crippen molar-refractivity contribution in [3.05, 3.63) is 0 Å². The quantitative estimate of drug-likeness (QED) is 0.796. The average molecular weight is 269 g/mol. The number of rotatable bonds is 6. The fourth-order valence-electron chi connectivity index (χ4n) is 2.96.